The van der Waals surface area contributed by atoms with Crippen LogP contribution in [0.1, 0.15) is 37.7 Å². The maximum absolute atomic E-state index is 13.8. The quantitative estimate of drug-likeness (QED) is 0.831. The highest BCUT2D eigenvalue weighted by Gasteiger charge is 2.26. The van der Waals surface area contributed by atoms with E-state index in [-0.39, 0.29) is 24.2 Å². The fourth-order valence-electron chi connectivity index (χ4n) is 3.13. The van der Waals surface area contributed by atoms with Gasteiger partial charge in [0.15, 0.2) is 0 Å². The van der Waals surface area contributed by atoms with Gasteiger partial charge in [0.05, 0.1) is 6.26 Å². The number of halogens is 2. The van der Waals surface area contributed by atoms with Gasteiger partial charge in [-0.3, -0.25) is 4.79 Å². The summed E-state index contributed by atoms with van der Waals surface area (Å²) >= 11 is 0. The smallest absolute Gasteiger partial charge is 0.223 e. The number of likely N-dealkylation sites (tertiary alicyclic amines) is 1. The lowest BCUT2D eigenvalue weighted by molar-refractivity contribution is -0.133. The van der Waals surface area contributed by atoms with E-state index in [1.54, 1.807) is 11.8 Å². The van der Waals surface area contributed by atoms with Gasteiger partial charge < -0.3 is 4.90 Å². The van der Waals surface area contributed by atoms with Crippen LogP contribution in [0.25, 0.3) is 0 Å². The van der Waals surface area contributed by atoms with Crippen molar-refractivity contribution in [2.45, 2.75) is 32.1 Å². The molecule has 1 aromatic carbocycles. The Kier molecular flexibility index (Phi) is 6.51. The number of nitrogens with one attached hydrogen (secondary N) is 1. The van der Waals surface area contributed by atoms with Gasteiger partial charge in [-0.2, -0.15) is 0 Å². The van der Waals surface area contributed by atoms with Crippen molar-refractivity contribution in [3.05, 3.63) is 35.4 Å². The van der Waals surface area contributed by atoms with Crippen molar-refractivity contribution in [3.8, 4) is 0 Å². The molecule has 1 aliphatic heterocycles. The summed E-state index contributed by atoms with van der Waals surface area (Å²) < 4.78 is 51.7. The van der Waals surface area contributed by atoms with Crippen LogP contribution in [0.3, 0.4) is 0 Å². The molecule has 1 N–H and O–H groups in total. The summed E-state index contributed by atoms with van der Waals surface area (Å²) in [5, 5.41) is 0. The lowest BCUT2D eigenvalue weighted by Gasteiger charge is -2.33. The molecule has 2 atom stereocenters. The Labute approximate surface area is 147 Å². The molecule has 0 saturated carbocycles. The zero-order chi connectivity index (χ0) is 18.6. The molecule has 1 amide bonds. The van der Waals surface area contributed by atoms with Crippen LogP contribution in [0.2, 0.25) is 0 Å². The van der Waals surface area contributed by atoms with Crippen LogP contribution in [-0.2, 0) is 14.8 Å². The minimum absolute atomic E-state index is 0.0743. The Morgan fingerprint density at radius 1 is 1.40 bits per heavy atom. The third-order valence-corrected chi connectivity index (χ3v) is 5.17. The standard InChI is InChI=1S/C17H24F2N2O3S/c1-12(15-6-5-14(18)9-16(15)19)8-17(22)21-7-3-4-13(11-21)10-20-25(2,23)24/h5-6,9,12-13,20H,3-4,7-8,10-11H2,1-2H3. The van der Waals surface area contributed by atoms with E-state index < -0.39 is 21.7 Å². The first kappa shape index (κ1) is 19.8. The zero-order valence-electron chi connectivity index (χ0n) is 14.5. The largest absolute Gasteiger partial charge is 0.342 e. The lowest BCUT2D eigenvalue weighted by Crippen LogP contribution is -2.43. The molecule has 0 aromatic heterocycles. The topological polar surface area (TPSA) is 66.5 Å². The molecule has 8 heteroatoms. The monoisotopic (exact) mass is 374 g/mol. The summed E-state index contributed by atoms with van der Waals surface area (Å²) in [6.45, 7) is 3.15. The minimum Gasteiger partial charge on any atom is -0.342 e. The van der Waals surface area contributed by atoms with Crippen molar-refractivity contribution in [3.63, 3.8) is 0 Å². The molecule has 2 unspecified atom stereocenters. The van der Waals surface area contributed by atoms with E-state index in [0.717, 1.165) is 25.2 Å². The van der Waals surface area contributed by atoms with Gasteiger partial charge in [-0.25, -0.2) is 21.9 Å². The van der Waals surface area contributed by atoms with Crippen LogP contribution in [-0.4, -0.2) is 45.1 Å². The minimum atomic E-state index is -3.25. The molecule has 5 nitrogen and oxygen atoms in total. The molecule has 140 valence electrons. The van der Waals surface area contributed by atoms with Crippen molar-refractivity contribution in [2.75, 3.05) is 25.9 Å². The van der Waals surface area contributed by atoms with Gasteiger partial charge in [0.25, 0.3) is 0 Å². The molecule has 1 saturated heterocycles. The summed E-state index contributed by atoms with van der Waals surface area (Å²) in [6, 6.07) is 3.38. The molecule has 2 rings (SSSR count). The number of nitrogens with zero attached hydrogens (tertiary/aromatic N) is 1. The fourth-order valence-corrected chi connectivity index (χ4v) is 3.67. The number of rotatable bonds is 6. The van der Waals surface area contributed by atoms with Gasteiger partial charge in [-0.15, -0.1) is 0 Å². The summed E-state index contributed by atoms with van der Waals surface area (Å²) in [5.41, 5.74) is 0.321. The number of carbonyl (C=O) groups is 1. The summed E-state index contributed by atoms with van der Waals surface area (Å²) in [5.74, 6) is -1.67. The second kappa shape index (κ2) is 8.23. The van der Waals surface area contributed by atoms with Crippen molar-refractivity contribution in [2.24, 2.45) is 5.92 Å². The van der Waals surface area contributed by atoms with Crippen molar-refractivity contribution >= 4 is 15.9 Å². The lowest BCUT2D eigenvalue weighted by atomic mass is 9.94. The third-order valence-electron chi connectivity index (χ3n) is 4.48. The molecule has 0 aliphatic carbocycles. The van der Waals surface area contributed by atoms with Crippen LogP contribution >= 0.6 is 0 Å². The van der Waals surface area contributed by atoms with E-state index in [2.05, 4.69) is 4.72 Å². The van der Waals surface area contributed by atoms with E-state index in [1.165, 1.54) is 12.1 Å². The Morgan fingerprint density at radius 2 is 2.12 bits per heavy atom. The molecule has 1 heterocycles. The van der Waals surface area contributed by atoms with E-state index in [9.17, 15) is 22.0 Å². The average Bonchev–Trinajstić information content (AvgIpc) is 2.52. The predicted octanol–water partition coefficient (Wildman–Crippen LogP) is 2.25. The van der Waals surface area contributed by atoms with Gasteiger partial charge in [0.1, 0.15) is 11.6 Å². The SMILES string of the molecule is CC(CC(=O)N1CCCC(CNS(C)(=O)=O)C1)c1ccc(F)cc1F. The number of hydrogen-bond acceptors (Lipinski definition) is 3. The second-order valence-corrected chi connectivity index (χ2v) is 8.57. The molecule has 0 radical (unpaired) electrons. The number of piperidine rings is 1. The average molecular weight is 374 g/mol. The van der Waals surface area contributed by atoms with Gasteiger partial charge in [0.2, 0.25) is 15.9 Å². The highest BCUT2D eigenvalue weighted by atomic mass is 32.2. The van der Waals surface area contributed by atoms with E-state index >= 15 is 0 Å². The van der Waals surface area contributed by atoms with Crippen LogP contribution in [0.4, 0.5) is 8.78 Å². The third kappa shape index (κ3) is 6.04. The molecule has 0 spiro atoms. The first-order valence-corrected chi connectivity index (χ1v) is 10.2. The summed E-state index contributed by atoms with van der Waals surface area (Å²) in [7, 11) is -3.25. The number of benzene rings is 1. The number of amides is 1. The normalized spacial score (nSPS) is 19.7. The maximum atomic E-state index is 13.8. The summed E-state index contributed by atoms with van der Waals surface area (Å²) in [4.78, 5) is 14.2. The Morgan fingerprint density at radius 3 is 2.76 bits per heavy atom. The van der Waals surface area contributed by atoms with E-state index in [1.807, 2.05) is 0 Å². The van der Waals surface area contributed by atoms with Gasteiger partial charge in [-0.05, 0) is 36.3 Å². The van der Waals surface area contributed by atoms with Crippen LogP contribution in [0.15, 0.2) is 18.2 Å². The fraction of sp³-hybridized carbons (Fsp3) is 0.588. The molecular weight excluding hydrogens is 350 g/mol. The van der Waals surface area contributed by atoms with Crippen LogP contribution in [0.5, 0.6) is 0 Å². The van der Waals surface area contributed by atoms with Crippen LogP contribution < -0.4 is 4.72 Å². The molecule has 1 aliphatic rings. The van der Waals surface area contributed by atoms with Crippen molar-refractivity contribution in [1.29, 1.82) is 0 Å². The van der Waals surface area contributed by atoms with Gasteiger partial charge in [0, 0.05) is 32.1 Å². The Hall–Kier alpha value is -1.54. The zero-order valence-corrected chi connectivity index (χ0v) is 15.3. The first-order valence-electron chi connectivity index (χ1n) is 8.33. The highest BCUT2D eigenvalue weighted by molar-refractivity contribution is 7.88. The molecule has 1 aromatic rings. The Bertz CT molecular complexity index is 725. The highest BCUT2D eigenvalue weighted by Crippen LogP contribution is 2.25. The first-order chi connectivity index (χ1) is 11.7. The number of carbonyl (C=O) groups excluding carboxylic acids is 1. The van der Waals surface area contributed by atoms with Gasteiger partial charge in [-0.1, -0.05) is 13.0 Å². The molecule has 1 fully saturated rings. The summed E-state index contributed by atoms with van der Waals surface area (Å²) in [6.07, 6.45) is 2.90. The predicted molar refractivity (Wildman–Crippen MR) is 91.5 cm³/mol. The second-order valence-electron chi connectivity index (χ2n) is 6.74. The van der Waals surface area contributed by atoms with E-state index in [0.29, 0.717) is 25.2 Å². The number of sulfonamides is 1. The molecule has 25 heavy (non-hydrogen) atoms. The van der Waals surface area contributed by atoms with Crippen molar-refractivity contribution in [1.82, 2.24) is 9.62 Å². The van der Waals surface area contributed by atoms with E-state index in [4.69, 9.17) is 0 Å². The van der Waals surface area contributed by atoms with Crippen molar-refractivity contribution < 1.29 is 22.0 Å². The number of hydrogen-bond donors (Lipinski definition) is 1. The molecule has 0 bridgehead atoms. The molecular formula is C17H24F2N2O3S. The Balaban J connectivity index is 1.93. The van der Waals surface area contributed by atoms with Gasteiger partial charge >= 0.3 is 0 Å². The maximum Gasteiger partial charge on any atom is 0.223 e. The van der Waals surface area contributed by atoms with Crippen LogP contribution in [0, 0.1) is 17.6 Å².